The summed E-state index contributed by atoms with van der Waals surface area (Å²) in [5, 5.41) is 13.8. The molecule has 10 heteroatoms. The monoisotopic (exact) mass is 561 g/mol. The van der Waals surface area contributed by atoms with Crippen LogP contribution in [0, 0.1) is 12.7 Å². The van der Waals surface area contributed by atoms with Gasteiger partial charge in [-0.1, -0.05) is 12.1 Å². The minimum atomic E-state index is -3.82. The van der Waals surface area contributed by atoms with Crippen molar-refractivity contribution in [3.63, 3.8) is 0 Å². The van der Waals surface area contributed by atoms with Crippen molar-refractivity contribution in [1.82, 2.24) is 9.97 Å². The minimum Gasteiger partial charge on any atom is -0.493 e. The zero-order valence-corrected chi connectivity index (χ0v) is 24.1. The second kappa shape index (κ2) is 11.0. The Morgan fingerprint density at radius 2 is 1.75 bits per heavy atom. The predicted octanol–water partition coefficient (Wildman–Crippen LogP) is 6.63. The first kappa shape index (κ1) is 29.9. The third kappa shape index (κ3) is 5.98. The van der Waals surface area contributed by atoms with E-state index in [0.717, 1.165) is 32.8 Å². The van der Waals surface area contributed by atoms with Gasteiger partial charge in [-0.25, -0.2) is 14.4 Å². The normalized spacial score (nSPS) is 15.6. The number of fused-ring (bicyclic) bond motifs is 1. The van der Waals surface area contributed by atoms with Gasteiger partial charge in [0.2, 0.25) is 0 Å². The van der Waals surface area contributed by atoms with E-state index in [2.05, 4.69) is 15.3 Å². The molecular weight excluding hydrogens is 523 g/mol. The van der Waals surface area contributed by atoms with Crippen LogP contribution in [-0.2, 0) is 16.2 Å². The highest BCUT2D eigenvalue weighted by molar-refractivity contribution is 5.92. The SMILES string of the molecule is COc1cc2nc(C)nc(NC(C)(C)c3cccc(C(F)(F)C(C)(C)O)c3F)c2cc1OC(C)COC1CCC1. The van der Waals surface area contributed by atoms with E-state index in [9.17, 15) is 13.9 Å². The molecule has 1 aromatic heterocycles. The van der Waals surface area contributed by atoms with E-state index in [1.165, 1.54) is 18.6 Å². The fraction of sp³-hybridized carbons (Fsp3) is 0.533. The molecule has 3 aromatic rings. The number of aryl methyl sites for hydroxylation is 1. The summed E-state index contributed by atoms with van der Waals surface area (Å²) in [4.78, 5) is 9.08. The van der Waals surface area contributed by atoms with Gasteiger partial charge in [-0.15, -0.1) is 0 Å². The highest BCUT2D eigenvalue weighted by atomic mass is 19.3. The van der Waals surface area contributed by atoms with Crippen molar-refractivity contribution in [2.75, 3.05) is 19.0 Å². The first-order valence-electron chi connectivity index (χ1n) is 13.5. The third-order valence-corrected chi connectivity index (χ3v) is 7.25. The number of nitrogens with zero attached hydrogens (tertiary/aromatic N) is 2. The highest BCUT2D eigenvalue weighted by Gasteiger charge is 2.49. The summed E-state index contributed by atoms with van der Waals surface area (Å²) in [5.41, 5.74) is -3.97. The lowest BCUT2D eigenvalue weighted by Gasteiger charge is -2.33. The van der Waals surface area contributed by atoms with Crippen LogP contribution in [0.2, 0.25) is 0 Å². The van der Waals surface area contributed by atoms with E-state index in [-0.39, 0.29) is 17.8 Å². The second-order valence-corrected chi connectivity index (χ2v) is 11.5. The predicted molar refractivity (Wildman–Crippen MR) is 148 cm³/mol. The first-order chi connectivity index (χ1) is 18.6. The van der Waals surface area contributed by atoms with Crippen molar-refractivity contribution in [2.24, 2.45) is 0 Å². The van der Waals surface area contributed by atoms with Crippen molar-refractivity contribution in [2.45, 2.75) is 90.1 Å². The second-order valence-electron chi connectivity index (χ2n) is 11.5. The van der Waals surface area contributed by atoms with E-state index in [1.807, 2.05) is 6.92 Å². The molecule has 0 radical (unpaired) electrons. The van der Waals surface area contributed by atoms with Gasteiger partial charge in [0, 0.05) is 17.0 Å². The average Bonchev–Trinajstić information content (AvgIpc) is 2.82. The van der Waals surface area contributed by atoms with E-state index in [0.29, 0.717) is 40.7 Å². The van der Waals surface area contributed by atoms with Crippen molar-refractivity contribution < 1.29 is 32.5 Å². The van der Waals surface area contributed by atoms with Gasteiger partial charge in [0.15, 0.2) is 11.5 Å². The lowest BCUT2D eigenvalue weighted by molar-refractivity contribution is -0.170. The quantitative estimate of drug-likeness (QED) is 0.272. The van der Waals surface area contributed by atoms with Gasteiger partial charge >= 0.3 is 5.92 Å². The maximum atomic E-state index is 15.6. The van der Waals surface area contributed by atoms with Crippen LogP contribution in [0.3, 0.4) is 0 Å². The molecule has 1 unspecified atom stereocenters. The van der Waals surface area contributed by atoms with Gasteiger partial charge < -0.3 is 24.6 Å². The summed E-state index contributed by atoms with van der Waals surface area (Å²) in [6.07, 6.45) is 3.33. The van der Waals surface area contributed by atoms with Crippen LogP contribution in [-0.4, -0.2) is 46.6 Å². The van der Waals surface area contributed by atoms with Crippen LogP contribution < -0.4 is 14.8 Å². The number of halogens is 3. The Morgan fingerprint density at radius 3 is 2.35 bits per heavy atom. The smallest absolute Gasteiger partial charge is 0.303 e. The molecule has 1 atom stereocenters. The van der Waals surface area contributed by atoms with Crippen LogP contribution in [0.5, 0.6) is 11.5 Å². The Labute approximate surface area is 233 Å². The molecule has 2 aromatic carbocycles. The van der Waals surface area contributed by atoms with E-state index < -0.39 is 28.4 Å². The van der Waals surface area contributed by atoms with Crippen LogP contribution in [0.25, 0.3) is 10.9 Å². The number of alkyl halides is 2. The number of hydrogen-bond acceptors (Lipinski definition) is 7. The van der Waals surface area contributed by atoms with Gasteiger partial charge in [-0.2, -0.15) is 8.78 Å². The molecule has 2 N–H and O–H groups in total. The Kier molecular flexibility index (Phi) is 8.25. The topological polar surface area (TPSA) is 85.7 Å². The largest absolute Gasteiger partial charge is 0.493 e. The van der Waals surface area contributed by atoms with Gasteiger partial charge in [0.1, 0.15) is 29.2 Å². The molecule has 0 saturated heterocycles. The average molecular weight is 562 g/mol. The molecular formula is C30H38F3N3O4. The number of aliphatic hydroxyl groups is 1. The van der Waals surface area contributed by atoms with Crippen LogP contribution in [0.1, 0.15) is 70.8 Å². The Balaban J connectivity index is 1.70. The van der Waals surface area contributed by atoms with Crippen LogP contribution >= 0.6 is 0 Å². The summed E-state index contributed by atoms with van der Waals surface area (Å²) in [7, 11) is 1.54. The first-order valence-corrected chi connectivity index (χ1v) is 13.5. The number of hydrogen-bond donors (Lipinski definition) is 2. The van der Waals surface area contributed by atoms with Gasteiger partial charge in [-0.05, 0) is 72.9 Å². The fourth-order valence-electron chi connectivity index (χ4n) is 4.61. The number of nitrogens with one attached hydrogen (secondary N) is 1. The molecule has 4 rings (SSSR count). The molecule has 0 amide bonds. The molecule has 1 aliphatic carbocycles. The van der Waals surface area contributed by atoms with Crippen LogP contribution in [0.4, 0.5) is 19.0 Å². The van der Waals surface area contributed by atoms with Crippen molar-refractivity contribution in [3.05, 3.63) is 53.1 Å². The Hall–Kier alpha value is -3.11. The van der Waals surface area contributed by atoms with E-state index >= 15 is 4.39 Å². The van der Waals surface area contributed by atoms with Crippen molar-refractivity contribution in [3.8, 4) is 11.5 Å². The standard InChI is InChI=1S/C30H38F3N3O4/c1-17(16-39-19-10-8-11-19)40-25-14-20-23(15-24(25)38-7)34-18(2)35-27(20)36-28(3,4)21-12-9-13-22(26(21)31)30(32,33)29(5,6)37/h9,12-15,17,19,37H,8,10-11,16H2,1-7H3,(H,34,35,36). The summed E-state index contributed by atoms with van der Waals surface area (Å²) in [5.74, 6) is -3.15. The number of ether oxygens (including phenoxy) is 3. The zero-order valence-electron chi connectivity index (χ0n) is 24.1. The van der Waals surface area contributed by atoms with Gasteiger partial charge in [-0.3, -0.25) is 0 Å². The maximum Gasteiger partial charge on any atom is 0.303 e. The molecule has 1 heterocycles. The van der Waals surface area contributed by atoms with Gasteiger partial charge in [0.05, 0.1) is 36.4 Å². The number of anilines is 1. The number of rotatable bonds is 11. The highest BCUT2D eigenvalue weighted by Crippen LogP contribution is 2.43. The minimum absolute atomic E-state index is 0.00918. The summed E-state index contributed by atoms with van der Waals surface area (Å²) < 4.78 is 63.2. The molecule has 40 heavy (non-hydrogen) atoms. The number of aromatic nitrogens is 2. The van der Waals surface area contributed by atoms with E-state index in [1.54, 1.807) is 40.0 Å². The summed E-state index contributed by atoms with van der Waals surface area (Å²) >= 11 is 0. The molecule has 1 aliphatic rings. The summed E-state index contributed by atoms with van der Waals surface area (Å²) in [6, 6.07) is 7.26. The van der Waals surface area contributed by atoms with E-state index in [4.69, 9.17) is 14.2 Å². The molecule has 1 saturated carbocycles. The molecule has 0 spiro atoms. The van der Waals surface area contributed by atoms with Crippen molar-refractivity contribution >= 4 is 16.7 Å². The van der Waals surface area contributed by atoms with Crippen molar-refractivity contribution in [1.29, 1.82) is 0 Å². The lowest BCUT2D eigenvalue weighted by Crippen LogP contribution is -2.41. The zero-order chi connectivity index (χ0) is 29.5. The van der Waals surface area contributed by atoms with Gasteiger partial charge in [0.25, 0.3) is 0 Å². The Bertz CT molecular complexity index is 1370. The van der Waals surface area contributed by atoms with Crippen LogP contribution in [0.15, 0.2) is 30.3 Å². The Morgan fingerprint density at radius 1 is 1.07 bits per heavy atom. The molecule has 0 bridgehead atoms. The fourth-order valence-corrected chi connectivity index (χ4v) is 4.61. The summed E-state index contributed by atoms with van der Waals surface area (Å²) in [6.45, 7) is 9.30. The number of benzene rings is 2. The molecule has 0 aliphatic heterocycles. The maximum absolute atomic E-state index is 15.6. The molecule has 7 nitrogen and oxygen atoms in total. The molecule has 1 fully saturated rings. The number of methoxy groups -OCH3 is 1. The third-order valence-electron chi connectivity index (χ3n) is 7.25. The molecule has 218 valence electrons. The lowest BCUT2D eigenvalue weighted by atomic mass is 9.87.